The fourth-order valence-corrected chi connectivity index (χ4v) is 3.32. The molecule has 2 N–H and O–H groups in total. The summed E-state index contributed by atoms with van der Waals surface area (Å²) in [5.41, 5.74) is 2.52. The van der Waals surface area contributed by atoms with Crippen molar-refractivity contribution in [3.63, 3.8) is 0 Å². The molecule has 1 aliphatic rings. The van der Waals surface area contributed by atoms with Crippen molar-refractivity contribution in [1.29, 1.82) is 0 Å². The van der Waals surface area contributed by atoms with Crippen molar-refractivity contribution in [3.8, 4) is 0 Å². The third-order valence-electron chi connectivity index (χ3n) is 4.57. The lowest BCUT2D eigenvalue weighted by molar-refractivity contribution is -0.118. The Hall–Kier alpha value is -2.15. The first-order valence-electron chi connectivity index (χ1n) is 8.67. The molecule has 0 saturated carbocycles. The molecule has 0 unspecified atom stereocenters. The average molecular weight is 331 g/mol. The zero-order valence-corrected chi connectivity index (χ0v) is 14.5. The molecule has 24 heavy (non-hydrogen) atoms. The second-order valence-corrected chi connectivity index (χ2v) is 6.25. The molecule has 3 rings (SSSR count). The Balaban J connectivity index is 1.69. The number of carbonyl (C=O) groups excluding carboxylic acids is 1. The Bertz CT molecular complexity index is 706. The Morgan fingerprint density at radius 3 is 3.00 bits per heavy atom. The van der Waals surface area contributed by atoms with Gasteiger partial charge < -0.3 is 9.84 Å². The molecule has 0 aromatic carbocycles. The van der Waals surface area contributed by atoms with Gasteiger partial charge in [-0.1, -0.05) is 12.1 Å². The van der Waals surface area contributed by atoms with Crippen molar-refractivity contribution >= 4 is 11.7 Å². The molecule has 130 valence electrons. The SMILES string of the molecule is CC[C@@H](N[C@H]1CCCc2c1cnn2CC)C(=O)Nc1cc(C)on1. The maximum absolute atomic E-state index is 12.5. The number of aryl methyl sites for hydroxylation is 2. The topological polar surface area (TPSA) is 85.0 Å². The van der Waals surface area contributed by atoms with Crippen LogP contribution in [0.15, 0.2) is 16.8 Å². The molecule has 7 nitrogen and oxygen atoms in total. The standard InChI is InChI=1S/C17H25N5O2/c1-4-13(17(23)20-16-9-11(3)24-21-16)19-14-7-6-8-15-12(14)10-18-22(15)5-2/h9-10,13-14,19H,4-8H2,1-3H3,(H,20,21,23)/t13-,14+/m1/s1. The predicted molar refractivity (Wildman–Crippen MR) is 90.7 cm³/mol. The van der Waals surface area contributed by atoms with E-state index in [1.54, 1.807) is 13.0 Å². The van der Waals surface area contributed by atoms with Gasteiger partial charge in [0.1, 0.15) is 5.76 Å². The number of hydrogen-bond acceptors (Lipinski definition) is 5. The summed E-state index contributed by atoms with van der Waals surface area (Å²) < 4.78 is 7.05. The van der Waals surface area contributed by atoms with E-state index in [0.29, 0.717) is 18.0 Å². The van der Waals surface area contributed by atoms with Crippen LogP contribution >= 0.6 is 0 Å². The molecule has 7 heteroatoms. The number of nitrogens with zero attached hydrogens (tertiary/aromatic N) is 3. The Labute approximate surface area is 141 Å². The van der Waals surface area contributed by atoms with Gasteiger partial charge in [-0.2, -0.15) is 5.10 Å². The van der Waals surface area contributed by atoms with Crippen molar-refractivity contribution in [3.05, 3.63) is 29.3 Å². The van der Waals surface area contributed by atoms with Crippen LogP contribution in [0.3, 0.4) is 0 Å². The van der Waals surface area contributed by atoms with Crippen molar-refractivity contribution in [2.24, 2.45) is 0 Å². The van der Waals surface area contributed by atoms with E-state index in [4.69, 9.17) is 4.52 Å². The highest BCUT2D eigenvalue weighted by atomic mass is 16.5. The molecule has 0 fully saturated rings. The zero-order chi connectivity index (χ0) is 17.1. The maximum Gasteiger partial charge on any atom is 0.242 e. The number of carbonyl (C=O) groups is 1. The molecule has 2 heterocycles. The number of aromatic nitrogens is 3. The summed E-state index contributed by atoms with van der Waals surface area (Å²) in [5.74, 6) is 1.05. The van der Waals surface area contributed by atoms with Crippen molar-refractivity contribution in [2.45, 2.75) is 65.1 Å². The number of fused-ring (bicyclic) bond motifs is 1. The smallest absolute Gasteiger partial charge is 0.242 e. The van der Waals surface area contributed by atoms with Crippen LogP contribution < -0.4 is 10.6 Å². The third-order valence-corrected chi connectivity index (χ3v) is 4.57. The monoisotopic (exact) mass is 331 g/mol. The van der Waals surface area contributed by atoms with Crippen molar-refractivity contribution in [1.82, 2.24) is 20.3 Å². The van der Waals surface area contributed by atoms with Gasteiger partial charge in [0, 0.05) is 29.9 Å². The van der Waals surface area contributed by atoms with Crippen LogP contribution in [-0.2, 0) is 17.8 Å². The van der Waals surface area contributed by atoms with Gasteiger partial charge in [-0.3, -0.25) is 14.8 Å². The van der Waals surface area contributed by atoms with E-state index < -0.39 is 0 Å². The van der Waals surface area contributed by atoms with Crippen LogP contribution in [0, 0.1) is 6.92 Å². The number of amides is 1. The van der Waals surface area contributed by atoms with Gasteiger partial charge >= 0.3 is 0 Å². The highest BCUT2D eigenvalue weighted by Gasteiger charge is 2.28. The second-order valence-electron chi connectivity index (χ2n) is 6.25. The molecule has 2 aromatic heterocycles. The van der Waals surface area contributed by atoms with Gasteiger partial charge in [-0.15, -0.1) is 0 Å². The lowest BCUT2D eigenvalue weighted by atomic mass is 9.92. The second kappa shape index (κ2) is 7.17. The average Bonchev–Trinajstić information content (AvgIpc) is 3.18. The van der Waals surface area contributed by atoms with E-state index in [9.17, 15) is 4.79 Å². The Kier molecular flexibility index (Phi) is 4.99. The Morgan fingerprint density at radius 1 is 1.50 bits per heavy atom. The first-order chi connectivity index (χ1) is 11.6. The van der Waals surface area contributed by atoms with E-state index in [-0.39, 0.29) is 18.0 Å². The Morgan fingerprint density at radius 2 is 2.33 bits per heavy atom. The van der Waals surface area contributed by atoms with Crippen LogP contribution in [0.25, 0.3) is 0 Å². The van der Waals surface area contributed by atoms with Crippen LogP contribution in [0.4, 0.5) is 5.82 Å². The third kappa shape index (κ3) is 3.36. The number of rotatable bonds is 6. The molecule has 0 radical (unpaired) electrons. The minimum absolute atomic E-state index is 0.0826. The summed E-state index contributed by atoms with van der Waals surface area (Å²) in [6, 6.07) is 1.61. The molecule has 2 atom stereocenters. The normalized spacial score (nSPS) is 18.2. The molecule has 1 aliphatic carbocycles. The fourth-order valence-electron chi connectivity index (χ4n) is 3.32. The number of anilines is 1. The van der Waals surface area contributed by atoms with E-state index in [1.165, 1.54) is 11.3 Å². The summed E-state index contributed by atoms with van der Waals surface area (Å²) in [6.07, 6.45) is 5.84. The van der Waals surface area contributed by atoms with Crippen LogP contribution in [0.5, 0.6) is 0 Å². The van der Waals surface area contributed by atoms with E-state index in [0.717, 1.165) is 25.8 Å². The molecule has 1 amide bonds. The first kappa shape index (κ1) is 16.7. The largest absolute Gasteiger partial charge is 0.360 e. The molecule has 0 spiro atoms. The van der Waals surface area contributed by atoms with Crippen LogP contribution in [-0.4, -0.2) is 26.9 Å². The molecular weight excluding hydrogens is 306 g/mol. The first-order valence-corrected chi connectivity index (χ1v) is 8.67. The van der Waals surface area contributed by atoms with Crippen molar-refractivity contribution in [2.75, 3.05) is 5.32 Å². The fraction of sp³-hybridized carbons (Fsp3) is 0.588. The molecular formula is C17H25N5O2. The highest BCUT2D eigenvalue weighted by Crippen LogP contribution is 2.30. The summed E-state index contributed by atoms with van der Waals surface area (Å²) in [4.78, 5) is 12.5. The van der Waals surface area contributed by atoms with Gasteiger partial charge in [-0.05, 0) is 39.5 Å². The number of hydrogen-bond donors (Lipinski definition) is 2. The number of nitrogens with one attached hydrogen (secondary N) is 2. The van der Waals surface area contributed by atoms with E-state index in [1.807, 2.05) is 13.1 Å². The maximum atomic E-state index is 12.5. The lowest BCUT2D eigenvalue weighted by Crippen LogP contribution is -2.42. The van der Waals surface area contributed by atoms with Gasteiger partial charge in [0.2, 0.25) is 5.91 Å². The minimum atomic E-state index is -0.275. The van der Waals surface area contributed by atoms with Crippen LogP contribution in [0.2, 0.25) is 0 Å². The summed E-state index contributed by atoms with van der Waals surface area (Å²) in [5, 5.41) is 14.6. The summed E-state index contributed by atoms with van der Waals surface area (Å²) >= 11 is 0. The van der Waals surface area contributed by atoms with Gasteiger partial charge in [-0.25, -0.2) is 0 Å². The molecule has 2 aromatic rings. The molecule has 0 bridgehead atoms. The highest BCUT2D eigenvalue weighted by molar-refractivity contribution is 5.94. The van der Waals surface area contributed by atoms with Gasteiger partial charge in [0.25, 0.3) is 0 Å². The minimum Gasteiger partial charge on any atom is -0.360 e. The van der Waals surface area contributed by atoms with E-state index in [2.05, 4.69) is 32.5 Å². The van der Waals surface area contributed by atoms with Gasteiger partial charge in [0.15, 0.2) is 5.82 Å². The van der Waals surface area contributed by atoms with Crippen LogP contribution in [0.1, 0.15) is 56.2 Å². The summed E-state index contributed by atoms with van der Waals surface area (Å²) in [7, 11) is 0. The zero-order valence-electron chi connectivity index (χ0n) is 14.5. The van der Waals surface area contributed by atoms with Gasteiger partial charge in [0.05, 0.1) is 12.2 Å². The van der Waals surface area contributed by atoms with Crippen molar-refractivity contribution < 1.29 is 9.32 Å². The molecule has 0 aliphatic heterocycles. The summed E-state index contributed by atoms with van der Waals surface area (Å²) in [6.45, 7) is 6.79. The molecule has 0 saturated heterocycles. The predicted octanol–water partition coefficient (Wildman–Crippen LogP) is 2.58. The quantitative estimate of drug-likeness (QED) is 0.850. The van der Waals surface area contributed by atoms with E-state index >= 15 is 0 Å². The lowest BCUT2D eigenvalue weighted by Gasteiger charge is -2.28.